The normalized spacial score (nSPS) is 24.9. The Morgan fingerprint density at radius 2 is 2.00 bits per heavy atom. The van der Waals surface area contributed by atoms with Crippen molar-refractivity contribution in [3.8, 4) is 24.2 Å². The standard InChI is InChI=1S/C37H38N4O3/c1-4-24-6-5-7-25-16-27(42)17-30(34(24)25)36(43)41-20-26-8-9-33(44-22-37(12-13-37)18-23(2)3)39-35(32(26)21-41)40-14-10-28-29(11-15-40)31(28)19-38/h1,5-8,16-17,23,28-29,31,42H,10-15,18,20-22H2,2-3H3/t28-,29+,31?. The van der Waals surface area contributed by atoms with Crippen LogP contribution in [-0.2, 0) is 4.74 Å². The molecular weight excluding hydrogens is 548 g/mol. The van der Waals surface area contributed by atoms with Crippen molar-refractivity contribution < 1.29 is 14.6 Å². The minimum Gasteiger partial charge on any atom is -0.508 e. The molecule has 1 saturated heterocycles. The Kier molecular flexibility index (Phi) is 7.03. The van der Waals surface area contributed by atoms with Crippen molar-refractivity contribution >= 4 is 22.5 Å². The fraction of sp³-hybridized carbons (Fsp3) is 0.459. The van der Waals surface area contributed by atoms with E-state index in [1.165, 1.54) is 18.9 Å². The van der Waals surface area contributed by atoms with Gasteiger partial charge in [-0.2, -0.15) is 10.3 Å². The Labute approximate surface area is 259 Å². The summed E-state index contributed by atoms with van der Waals surface area (Å²) in [6.07, 6.45) is 13.2. The van der Waals surface area contributed by atoms with Crippen LogP contribution in [0.15, 0.2) is 64.2 Å². The van der Waals surface area contributed by atoms with Crippen LogP contribution >= 0.6 is 0 Å². The average molecular weight is 587 g/mol. The summed E-state index contributed by atoms with van der Waals surface area (Å²) < 4.78 is 6.37. The maximum atomic E-state index is 14.1. The second-order valence-corrected chi connectivity index (χ2v) is 13.7. The first-order valence-corrected chi connectivity index (χ1v) is 15.9. The SMILES string of the molecule is C#Cc1cccc2cc(O)cc(C(=O)N3CC4=C(C3)C(N3CC[C@@H]5C(C#N)[C@@H]5CC3)=NC(OCC3(CC(C)C)CC3)=C=C4)c12. The molecule has 0 radical (unpaired) electrons. The second kappa shape index (κ2) is 10.9. The monoisotopic (exact) mass is 586 g/mol. The van der Waals surface area contributed by atoms with E-state index in [1.807, 2.05) is 24.3 Å². The van der Waals surface area contributed by atoms with Gasteiger partial charge in [0.1, 0.15) is 11.6 Å². The van der Waals surface area contributed by atoms with Crippen LogP contribution in [0.5, 0.6) is 5.75 Å². The van der Waals surface area contributed by atoms with E-state index in [9.17, 15) is 15.2 Å². The predicted octanol–water partition coefficient (Wildman–Crippen LogP) is 6.01. The highest BCUT2D eigenvalue weighted by Crippen LogP contribution is 2.52. The van der Waals surface area contributed by atoms with Gasteiger partial charge in [0.05, 0.1) is 30.7 Å². The predicted molar refractivity (Wildman–Crippen MR) is 169 cm³/mol. The maximum Gasteiger partial charge on any atom is 0.262 e. The highest BCUT2D eigenvalue weighted by atomic mass is 16.5. The first-order chi connectivity index (χ1) is 21.3. The summed E-state index contributed by atoms with van der Waals surface area (Å²) in [6.45, 7) is 7.58. The summed E-state index contributed by atoms with van der Waals surface area (Å²) >= 11 is 0. The van der Waals surface area contributed by atoms with E-state index in [0.717, 1.165) is 54.7 Å². The fourth-order valence-corrected chi connectivity index (χ4v) is 7.72. The van der Waals surface area contributed by atoms with Crippen LogP contribution in [-0.4, -0.2) is 59.4 Å². The molecule has 7 rings (SSSR count). The number of phenols is 1. The van der Waals surface area contributed by atoms with E-state index >= 15 is 0 Å². The average Bonchev–Trinajstić information content (AvgIpc) is 3.90. The van der Waals surface area contributed by atoms with Gasteiger partial charge in [-0.25, -0.2) is 0 Å². The number of hydrogen-bond donors (Lipinski definition) is 1. The third-order valence-corrected chi connectivity index (χ3v) is 10.1. The first kappa shape index (κ1) is 28.3. The van der Waals surface area contributed by atoms with Gasteiger partial charge >= 0.3 is 0 Å². The van der Waals surface area contributed by atoms with Crippen LogP contribution < -0.4 is 0 Å². The molecule has 2 aliphatic carbocycles. The minimum atomic E-state index is -0.187. The van der Waals surface area contributed by atoms with Gasteiger partial charge in [-0.05, 0) is 85.1 Å². The number of amides is 1. The van der Waals surface area contributed by atoms with Crippen molar-refractivity contribution in [3.63, 3.8) is 0 Å². The molecule has 7 heteroatoms. The molecule has 44 heavy (non-hydrogen) atoms. The Hall–Kier alpha value is -4.45. The molecule has 1 amide bonds. The van der Waals surface area contributed by atoms with Gasteiger partial charge in [-0.15, -0.1) is 6.42 Å². The molecule has 7 nitrogen and oxygen atoms in total. The quantitative estimate of drug-likeness (QED) is 0.331. The van der Waals surface area contributed by atoms with Crippen LogP contribution in [0.2, 0.25) is 0 Å². The number of hydrogen-bond acceptors (Lipinski definition) is 6. The largest absolute Gasteiger partial charge is 0.508 e. The molecule has 224 valence electrons. The highest BCUT2D eigenvalue weighted by molar-refractivity contribution is 6.11. The fourth-order valence-electron chi connectivity index (χ4n) is 7.72. The molecule has 3 fully saturated rings. The van der Waals surface area contributed by atoms with Crippen molar-refractivity contribution in [1.29, 1.82) is 5.26 Å². The van der Waals surface area contributed by atoms with E-state index in [2.05, 4.69) is 36.5 Å². The second-order valence-electron chi connectivity index (χ2n) is 13.7. The number of phenolic OH excluding ortho intramolecular Hbond substituents is 1. The van der Waals surface area contributed by atoms with Crippen LogP contribution in [0, 0.1) is 52.8 Å². The lowest BCUT2D eigenvalue weighted by molar-refractivity contribution is 0.0799. The molecular formula is C37H38N4O3. The number of carbonyl (C=O) groups is 1. The van der Waals surface area contributed by atoms with E-state index in [4.69, 9.17) is 16.2 Å². The smallest absolute Gasteiger partial charge is 0.262 e. The number of nitriles is 1. The number of terminal acetylenes is 1. The van der Waals surface area contributed by atoms with Gasteiger partial charge in [-0.1, -0.05) is 37.6 Å². The number of fused-ring (bicyclic) bond motifs is 2. The molecule has 2 saturated carbocycles. The van der Waals surface area contributed by atoms with Crippen molar-refractivity contribution in [2.75, 3.05) is 32.8 Å². The number of amidine groups is 1. The Bertz CT molecular complexity index is 1740. The number of likely N-dealkylation sites (tertiary alicyclic amines) is 1. The van der Waals surface area contributed by atoms with E-state index in [1.54, 1.807) is 11.0 Å². The summed E-state index contributed by atoms with van der Waals surface area (Å²) in [5.41, 5.74) is 6.58. The highest BCUT2D eigenvalue weighted by Gasteiger charge is 2.51. The van der Waals surface area contributed by atoms with Gasteiger partial charge < -0.3 is 19.6 Å². The number of rotatable bonds is 6. The van der Waals surface area contributed by atoms with Crippen LogP contribution in [0.1, 0.15) is 61.9 Å². The molecule has 2 aromatic rings. The number of nitrogens with zero attached hydrogens (tertiary/aromatic N) is 4. The van der Waals surface area contributed by atoms with Crippen LogP contribution in [0.4, 0.5) is 0 Å². The van der Waals surface area contributed by atoms with Crippen molar-refractivity contribution in [1.82, 2.24) is 9.80 Å². The minimum absolute atomic E-state index is 0.0281. The molecule has 1 N–H and O–H groups in total. The Morgan fingerprint density at radius 3 is 2.68 bits per heavy atom. The van der Waals surface area contributed by atoms with Gasteiger partial charge in [0.15, 0.2) is 0 Å². The lowest BCUT2D eigenvalue weighted by Crippen LogP contribution is -2.37. The number of aromatic hydroxyl groups is 1. The number of benzene rings is 2. The number of ether oxygens (including phenoxy) is 1. The molecule has 0 spiro atoms. The number of aliphatic imine (C=N–C) groups is 1. The van der Waals surface area contributed by atoms with Crippen LogP contribution in [0.3, 0.4) is 0 Å². The zero-order valence-electron chi connectivity index (χ0n) is 25.5. The lowest BCUT2D eigenvalue weighted by Gasteiger charge is -2.27. The molecule has 3 aliphatic heterocycles. The summed E-state index contributed by atoms with van der Waals surface area (Å²) in [5, 5.41) is 21.4. The van der Waals surface area contributed by atoms with Crippen molar-refractivity contribution in [2.45, 2.75) is 46.0 Å². The summed E-state index contributed by atoms with van der Waals surface area (Å²) in [7, 11) is 0. The zero-order valence-corrected chi connectivity index (χ0v) is 25.5. The molecule has 3 atom stereocenters. The van der Waals surface area contributed by atoms with Gasteiger partial charge in [-0.3, -0.25) is 4.79 Å². The van der Waals surface area contributed by atoms with Crippen molar-refractivity contribution in [2.24, 2.45) is 34.1 Å². The summed E-state index contributed by atoms with van der Waals surface area (Å²) in [4.78, 5) is 23.3. The van der Waals surface area contributed by atoms with E-state index in [0.29, 0.717) is 59.8 Å². The van der Waals surface area contributed by atoms with Gasteiger partial charge in [0.25, 0.3) is 11.8 Å². The summed E-state index contributed by atoms with van der Waals surface area (Å²) in [5.74, 6) is 5.63. The number of carbonyl (C=O) groups excluding carboxylic acids is 1. The van der Waals surface area contributed by atoms with Gasteiger partial charge in [0, 0.05) is 41.6 Å². The lowest BCUT2D eigenvalue weighted by atomic mass is 9.95. The van der Waals surface area contributed by atoms with Crippen LogP contribution in [0.25, 0.3) is 10.8 Å². The maximum absolute atomic E-state index is 14.1. The summed E-state index contributed by atoms with van der Waals surface area (Å²) in [6, 6.07) is 11.2. The first-order valence-electron chi connectivity index (χ1n) is 15.9. The van der Waals surface area contributed by atoms with E-state index in [-0.39, 0.29) is 23.0 Å². The molecule has 3 heterocycles. The topological polar surface area (TPSA) is 89.2 Å². The third kappa shape index (κ3) is 5.17. The molecule has 2 aromatic carbocycles. The van der Waals surface area contributed by atoms with Gasteiger partial charge in [0.2, 0.25) is 0 Å². The molecule has 0 bridgehead atoms. The Balaban J connectivity index is 1.18. The zero-order chi connectivity index (χ0) is 30.6. The molecule has 1 unspecified atom stereocenters. The Morgan fingerprint density at radius 1 is 1.23 bits per heavy atom. The van der Waals surface area contributed by atoms with E-state index < -0.39 is 0 Å². The van der Waals surface area contributed by atoms with Crippen molar-refractivity contribution in [3.05, 3.63) is 70.3 Å². The molecule has 0 aromatic heterocycles. The third-order valence-electron chi connectivity index (χ3n) is 10.1. The molecule has 5 aliphatic rings.